The Morgan fingerprint density at radius 2 is 1.64 bits per heavy atom. The van der Waals surface area contributed by atoms with Crippen LogP contribution in [0.5, 0.6) is 0 Å². The largest absolute Gasteiger partial charge is 0.298 e. The number of hydrogen-bond donors (Lipinski definition) is 0. The van der Waals surface area contributed by atoms with E-state index < -0.39 is 0 Å². The van der Waals surface area contributed by atoms with Crippen molar-refractivity contribution in [3.63, 3.8) is 0 Å². The fourth-order valence-corrected chi connectivity index (χ4v) is 1.44. The highest BCUT2D eigenvalue weighted by Crippen LogP contribution is 2.21. The third kappa shape index (κ3) is 0.995. The van der Waals surface area contributed by atoms with Gasteiger partial charge in [-0.3, -0.25) is 14.4 Å². The number of rotatable bonds is 1. The van der Waals surface area contributed by atoms with Gasteiger partial charge in [0.15, 0.2) is 0 Å². The molecule has 14 heavy (non-hydrogen) atoms. The van der Waals surface area contributed by atoms with Gasteiger partial charge in [0.1, 0.15) is 0 Å². The number of benzene rings is 1. The molecule has 0 radical (unpaired) electrons. The zero-order chi connectivity index (χ0) is 10.1. The third-order valence-corrected chi connectivity index (χ3v) is 2.09. The molecule has 1 aromatic carbocycles. The Bertz CT molecular complexity index is 424. The van der Waals surface area contributed by atoms with E-state index in [1.165, 1.54) is 0 Å². The Kier molecular flexibility index (Phi) is 1.79. The molecule has 1 aliphatic heterocycles. The molecule has 0 atom stereocenters. The molecular weight excluding hydrogens is 180 g/mol. The van der Waals surface area contributed by atoms with Crippen LogP contribution in [-0.4, -0.2) is 23.4 Å². The van der Waals surface area contributed by atoms with E-state index in [1.54, 1.807) is 24.3 Å². The average molecular weight is 186 g/mol. The standard InChI is InChI=1S/C10H6N2O2/c1-11-6-12-9(13)7-4-2-3-5-8(7)10(12)14/h2-5H,6H2. The number of hydrogen-bond acceptors (Lipinski definition) is 2. The maximum absolute atomic E-state index is 11.6. The molecule has 4 heteroatoms. The van der Waals surface area contributed by atoms with Gasteiger partial charge < -0.3 is 0 Å². The molecule has 4 nitrogen and oxygen atoms in total. The van der Waals surface area contributed by atoms with Crippen molar-refractivity contribution in [3.8, 4) is 0 Å². The zero-order valence-corrected chi connectivity index (χ0v) is 7.23. The van der Waals surface area contributed by atoms with E-state index in [2.05, 4.69) is 4.85 Å². The summed E-state index contributed by atoms with van der Waals surface area (Å²) in [6, 6.07) is 6.59. The van der Waals surface area contributed by atoms with E-state index in [9.17, 15) is 9.59 Å². The van der Waals surface area contributed by atoms with Gasteiger partial charge in [0.25, 0.3) is 18.5 Å². The summed E-state index contributed by atoms with van der Waals surface area (Å²) in [5.74, 6) is -0.747. The van der Waals surface area contributed by atoms with Gasteiger partial charge in [0, 0.05) is 0 Å². The van der Waals surface area contributed by atoms with E-state index in [0.717, 1.165) is 4.90 Å². The molecule has 0 fully saturated rings. The SMILES string of the molecule is [C-]#[N+]CN1C(=O)c2ccccc2C1=O. The topological polar surface area (TPSA) is 41.7 Å². The quantitative estimate of drug-likeness (QED) is 0.487. The minimum absolute atomic E-state index is 0.202. The van der Waals surface area contributed by atoms with Crippen molar-refractivity contribution in [2.24, 2.45) is 0 Å². The second-order valence-electron chi connectivity index (χ2n) is 2.88. The maximum atomic E-state index is 11.6. The lowest BCUT2D eigenvalue weighted by Crippen LogP contribution is -2.29. The van der Waals surface area contributed by atoms with Gasteiger partial charge in [-0.2, -0.15) is 0 Å². The lowest BCUT2D eigenvalue weighted by Gasteiger charge is -2.03. The first-order valence-electron chi connectivity index (χ1n) is 4.04. The van der Waals surface area contributed by atoms with Gasteiger partial charge in [0.05, 0.1) is 11.1 Å². The summed E-state index contributed by atoms with van der Waals surface area (Å²) in [5.41, 5.74) is 0.780. The van der Waals surface area contributed by atoms with Gasteiger partial charge in [-0.1, -0.05) is 12.1 Å². The van der Waals surface area contributed by atoms with Crippen molar-refractivity contribution >= 4 is 11.8 Å². The minimum atomic E-state index is -0.374. The molecule has 0 aliphatic carbocycles. The van der Waals surface area contributed by atoms with Crippen molar-refractivity contribution in [2.45, 2.75) is 0 Å². The van der Waals surface area contributed by atoms with E-state index >= 15 is 0 Å². The highest BCUT2D eigenvalue weighted by Gasteiger charge is 2.36. The first-order chi connectivity index (χ1) is 6.75. The van der Waals surface area contributed by atoms with Crippen molar-refractivity contribution in [1.29, 1.82) is 0 Å². The van der Waals surface area contributed by atoms with Crippen LogP contribution in [0.15, 0.2) is 24.3 Å². The Hall–Kier alpha value is -2.15. The molecule has 2 amide bonds. The second kappa shape index (κ2) is 2.96. The third-order valence-electron chi connectivity index (χ3n) is 2.09. The van der Waals surface area contributed by atoms with Gasteiger partial charge in [-0.05, 0) is 12.1 Å². The average Bonchev–Trinajstić information content (AvgIpc) is 2.45. The van der Waals surface area contributed by atoms with Crippen LogP contribution in [0.3, 0.4) is 0 Å². The van der Waals surface area contributed by atoms with E-state index in [1.807, 2.05) is 0 Å². The van der Waals surface area contributed by atoms with E-state index in [4.69, 9.17) is 6.57 Å². The molecule has 0 unspecified atom stereocenters. The van der Waals surface area contributed by atoms with Crippen LogP contribution >= 0.6 is 0 Å². The van der Waals surface area contributed by atoms with Gasteiger partial charge >= 0.3 is 0 Å². The zero-order valence-electron chi connectivity index (χ0n) is 7.23. The number of amides is 2. The van der Waals surface area contributed by atoms with Crippen molar-refractivity contribution in [2.75, 3.05) is 6.67 Å². The van der Waals surface area contributed by atoms with Gasteiger partial charge in [0.2, 0.25) is 0 Å². The number of nitrogens with zero attached hydrogens (tertiary/aromatic N) is 2. The Balaban J connectivity index is 2.49. The number of carbonyl (C=O) groups is 2. The highest BCUT2D eigenvalue weighted by atomic mass is 16.2. The van der Waals surface area contributed by atoms with Crippen LogP contribution in [0.1, 0.15) is 20.7 Å². The van der Waals surface area contributed by atoms with Crippen molar-refractivity contribution in [3.05, 3.63) is 46.8 Å². The predicted octanol–water partition coefficient (Wildman–Crippen LogP) is 1.16. The molecule has 0 aromatic heterocycles. The van der Waals surface area contributed by atoms with Gasteiger partial charge in [-0.15, -0.1) is 0 Å². The van der Waals surface area contributed by atoms with Crippen molar-refractivity contribution < 1.29 is 9.59 Å². The van der Waals surface area contributed by atoms with Crippen LogP contribution in [0, 0.1) is 6.57 Å². The smallest absolute Gasteiger partial charge is 0.292 e. The fraction of sp³-hybridized carbons (Fsp3) is 0.100. The number of fused-ring (bicyclic) bond motifs is 1. The molecule has 1 aromatic rings. The summed E-state index contributed by atoms with van der Waals surface area (Å²) in [7, 11) is 0. The highest BCUT2D eigenvalue weighted by molar-refractivity contribution is 6.21. The molecule has 0 N–H and O–H groups in total. The lowest BCUT2D eigenvalue weighted by molar-refractivity contribution is 0.0671. The molecule has 0 bridgehead atoms. The van der Waals surface area contributed by atoms with Crippen LogP contribution in [0.2, 0.25) is 0 Å². The summed E-state index contributed by atoms with van der Waals surface area (Å²) in [6.07, 6.45) is 0. The minimum Gasteiger partial charge on any atom is -0.292 e. The molecule has 1 aliphatic rings. The molecule has 68 valence electrons. The van der Waals surface area contributed by atoms with E-state index in [-0.39, 0.29) is 18.5 Å². The molecule has 0 saturated heterocycles. The molecular formula is C10H6N2O2. The van der Waals surface area contributed by atoms with Crippen LogP contribution in [0.25, 0.3) is 4.85 Å². The Labute approximate surface area is 80.6 Å². The monoisotopic (exact) mass is 186 g/mol. The second-order valence-corrected chi connectivity index (χ2v) is 2.88. The first-order valence-corrected chi connectivity index (χ1v) is 4.04. The maximum Gasteiger partial charge on any atom is 0.298 e. The normalized spacial score (nSPS) is 14.1. The summed E-state index contributed by atoms with van der Waals surface area (Å²) >= 11 is 0. The molecule has 0 spiro atoms. The van der Waals surface area contributed by atoms with Crippen LogP contribution < -0.4 is 0 Å². The first kappa shape index (κ1) is 8.45. The predicted molar refractivity (Wildman–Crippen MR) is 48.4 cm³/mol. The summed E-state index contributed by atoms with van der Waals surface area (Å²) in [5, 5.41) is 0. The summed E-state index contributed by atoms with van der Waals surface area (Å²) in [4.78, 5) is 27.1. The molecule has 0 saturated carbocycles. The van der Waals surface area contributed by atoms with Gasteiger partial charge in [-0.25, -0.2) is 11.5 Å². The fourth-order valence-electron chi connectivity index (χ4n) is 1.44. The number of carbonyl (C=O) groups excluding carboxylic acids is 2. The number of imide groups is 1. The van der Waals surface area contributed by atoms with E-state index in [0.29, 0.717) is 11.1 Å². The Morgan fingerprint density at radius 3 is 2.07 bits per heavy atom. The van der Waals surface area contributed by atoms with Crippen molar-refractivity contribution in [1.82, 2.24) is 4.90 Å². The summed E-state index contributed by atoms with van der Waals surface area (Å²) in [6.45, 7) is 6.43. The lowest BCUT2D eigenvalue weighted by atomic mass is 10.1. The molecule has 1 heterocycles. The molecule has 2 rings (SSSR count). The van der Waals surface area contributed by atoms with Crippen LogP contribution in [-0.2, 0) is 0 Å². The summed E-state index contributed by atoms with van der Waals surface area (Å²) < 4.78 is 0. The Morgan fingerprint density at radius 1 is 1.14 bits per heavy atom. The van der Waals surface area contributed by atoms with Crippen LogP contribution in [0.4, 0.5) is 0 Å².